The zero-order chi connectivity index (χ0) is 17.7. The Morgan fingerprint density at radius 2 is 1.46 bits per heavy atom. The van der Waals surface area contributed by atoms with Crippen LogP contribution in [0.15, 0.2) is 30.9 Å². The Labute approximate surface area is 156 Å². The molecule has 4 heteroatoms. The molecule has 24 heavy (non-hydrogen) atoms. The smallest absolute Gasteiger partial charge is 0.106 e. The standard InChI is InChI=1S/C17H21.3CH2O.Mn/c1-13(14-7-3-2-4-8-14)16-12-11-15-9-5-6-10-17(15)16;3*1-2;/h5-6,11-12,14H,1-4,7-10H2;3*1H2;/q-1;;;;. The predicted octanol–water partition coefficient (Wildman–Crippen LogP) is 4.10. The summed E-state index contributed by atoms with van der Waals surface area (Å²) < 4.78 is 0. The summed E-state index contributed by atoms with van der Waals surface area (Å²) in [6.07, 6.45) is 13.8. The van der Waals surface area contributed by atoms with Crippen LogP contribution in [0, 0.1) is 5.92 Å². The molecule has 1 aromatic rings. The van der Waals surface area contributed by atoms with Crippen LogP contribution in [0.5, 0.6) is 0 Å². The SMILES string of the molecule is C=C(c1c[cH-]c2c1CC=CC2)C1CCCCC1.C=O.C=O.C=O.[Mn]. The van der Waals surface area contributed by atoms with Gasteiger partial charge in [0.05, 0.1) is 0 Å². The number of carbonyl (C=O) groups excluding carboxylic acids is 3. The van der Waals surface area contributed by atoms with Crippen molar-refractivity contribution in [2.45, 2.75) is 44.9 Å². The zero-order valence-corrected chi connectivity index (χ0v) is 15.4. The Bertz CT molecular complexity index is 494. The molecular weight excluding hydrogens is 343 g/mol. The van der Waals surface area contributed by atoms with Crippen molar-refractivity contribution in [3.05, 3.63) is 47.6 Å². The first kappa shape index (κ1) is 24.6. The van der Waals surface area contributed by atoms with Gasteiger partial charge in [0.15, 0.2) is 0 Å². The second kappa shape index (κ2) is 14.9. The molecule has 0 spiro atoms. The first-order valence-electron chi connectivity index (χ1n) is 7.84. The first-order valence-corrected chi connectivity index (χ1v) is 7.84. The molecule has 0 N–H and O–H groups in total. The van der Waals surface area contributed by atoms with E-state index in [0.29, 0.717) is 0 Å². The van der Waals surface area contributed by atoms with Crippen molar-refractivity contribution in [3.63, 3.8) is 0 Å². The van der Waals surface area contributed by atoms with E-state index in [1.54, 1.807) is 5.56 Å². The molecule has 0 saturated heterocycles. The molecule has 1 aromatic carbocycles. The molecule has 0 unspecified atom stereocenters. The first-order chi connectivity index (χ1) is 11.4. The van der Waals surface area contributed by atoms with Gasteiger partial charge in [-0.05, 0) is 25.2 Å². The molecular formula is C20H27MnO3-. The number of allylic oxidation sites excluding steroid dienone is 3. The van der Waals surface area contributed by atoms with Crippen LogP contribution in [0.2, 0.25) is 0 Å². The van der Waals surface area contributed by atoms with Crippen LogP contribution >= 0.6 is 0 Å². The van der Waals surface area contributed by atoms with Gasteiger partial charge >= 0.3 is 0 Å². The molecule has 1 radical (unpaired) electrons. The summed E-state index contributed by atoms with van der Waals surface area (Å²) in [5.74, 6) is 0.751. The third kappa shape index (κ3) is 6.46. The molecule has 1 saturated carbocycles. The topological polar surface area (TPSA) is 51.2 Å². The normalized spacial score (nSPS) is 14.8. The molecule has 0 atom stereocenters. The number of rotatable bonds is 2. The van der Waals surface area contributed by atoms with Gasteiger partial charge in [0.1, 0.15) is 20.4 Å². The van der Waals surface area contributed by atoms with Crippen molar-refractivity contribution in [1.29, 1.82) is 0 Å². The van der Waals surface area contributed by atoms with Gasteiger partial charge in [-0.15, -0.1) is 12.2 Å². The van der Waals surface area contributed by atoms with Gasteiger partial charge in [-0.2, -0.15) is 28.8 Å². The maximum Gasteiger partial charge on any atom is 0.106 e. The summed E-state index contributed by atoms with van der Waals surface area (Å²) in [6, 6.07) is 4.62. The quantitative estimate of drug-likeness (QED) is 0.447. The monoisotopic (exact) mass is 370 g/mol. The molecule has 0 bridgehead atoms. The summed E-state index contributed by atoms with van der Waals surface area (Å²) in [6.45, 7) is 10.4. The van der Waals surface area contributed by atoms with E-state index in [1.807, 2.05) is 20.4 Å². The van der Waals surface area contributed by atoms with Crippen LogP contribution in [-0.2, 0) is 44.3 Å². The molecule has 2 aliphatic rings. The Morgan fingerprint density at radius 1 is 0.917 bits per heavy atom. The average Bonchev–Trinajstić information content (AvgIpc) is 3.11. The van der Waals surface area contributed by atoms with E-state index >= 15 is 0 Å². The number of hydrogen-bond acceptors (Lipinski definition) is 3. The second-order valence-corrected chi connectivity index (χ2v) is 5.49. The Morgan fingerprint density at radius 3 is 2.04 bits per heavy atom. The number of carbonyl (C=O) groups is 3. The third-order valence-corrected chi connectivity index (χ3v) is 4.43. The average molecular weight is 370 g/mol. The minimum atomic E-state index is 0. The number of hydrogen-bond donors (Lipinski definition) is 0. The second-order valence-electron chi connectivity index (χ2n) is 5.49. The minimum Gasteiger partial charge on any atom is -0.307 e. The van der Waals surface area contributed by atoms with E-state index in [0.717, 1.165) is 18.8 Å². The minimum absolute atomic E-state index is 0. The maximum absolute atomic E-state index is 8.00. The fourth-order valence-electron chi connectivity index (χ4n) is 3.37. The summed E-state index contributed by atoms with van der Waals surface area (Å²) >= 11 is 0. The van der Waals surface area contributed by atoms with Crippen LogP contribution < -0.4 is 0 Å². The van der Waals surface area contributed by atoms with Gasteiger partial charge < -0.3 is 14.4 Å². The van der Waals surface area contributed by atoms with Gasteiger partial charge in [0.2, 0.25) is 0 Å². The molecule has 0 aromatic heterocycles. The molecule has 133 valence electrons. The Hall–Kier alpha value is -1.64. The van der Waals surface area contributed by atoms with E-state index in [-0.39, 0.29) is 17.1 Å². The fourth-order valence-corrected chi connectivity index (χ4v) is 3.37. The summed E-state index contributed by atoms with van der Waals surface area (Å²) in [5, 5.41) is 0. The van der Waals surface area contributed by atoms with Gasteiger partial charge in [0, 0.05) is 17.1 Å². The van der Waals surface area contributed by atoms with Crippen LogP contribution in [-0.4, -0.2) is 20.4 Å². The largest absolute Gasteiger partial charge is 0.307 e. The van der Waals surface area contributed by atoms with Crippen molar-refractivity contribution in [3.8, 4) is 0 Å². The van der Waals surface area contributed by atoms with Crippen molar-refractivity contribution >= 4 is 25.9 Å². The molecule has 2 aliphatic carbocycles. The summed E-state index contributed by atoms with van der Waals surface area (Å²) in [5.41, 5.74) is 5.97. The summed E-state index contributed by atoms with van der Waals surface area (Å²) in [4.78, 5) is 24.0. The molecule has 0 heterocycles. The van der Waals surface area contributed by atoms with Gasteiger partial charge in [0.25, 0.3) is 0 Å². The van der Waals surface area contributed by atoms with Gasteiger partial charge in [-0.1, -0.05) is 37.8 Å². The van der Waals surface area contributed by atoms with Crippen molar-refractivity contribution in [1.82, 2.24) is 0 Å². The zero-order valence-electron chi connectivity index (χ0n) is 14.3. The Kier molecular flexibility index (Phi) is 15.3. The fraction of sp³-hybridized carbons (Fsp3) is 0.400. The molecule has 3 rings (SSSR count). The maximum atomic E-state index is 8.00. The van der Waals surface area contributed by atoms with E-state index in [4.69, 9.17) is 14.4 Å². The molecule has 3 nitrogen and oxygen atoms in total. The van der Waals surface area contributed by atoms with E-state index < -0.39 is 0 Å². The van der Waals surface area contributed by atoms with E-state index in [9.17, 15) is 0 Å². The van der Waals surface area contributed by atoms with Crippen LogP contribution in [0.1, 0.15) is 48.8 Å². The summed E-state index contributed by atoms with van der Waals surface area (Å²) in [7, 11) is 0. The van der Waals surface area contributed by atoms with Gasteiger partial charge in [-0.3, -0.25) is 0 Å². The van der Waals surface area contributed by atoms with Crippen molar-refractivity contribution in [2.75, 3.05) is 0 Å². The molecule has 1 fully saturated rings. The Balaban J connectivity index is 0. The van der Waals surface area contributed by atoms with Crippen molar-refractivity contribution in [2.24, 2.45) is 5.92 Å². The molecule has 0 amide bonds. The van der Waals surface area contributed by atoms with Crippen LogP contribution in [0.3, 0.4) is 0 Å². The number of fused-ring (bicyclic) bond motifs is 1. The van der Waals surface area contributed by atoms with Crippen LogP contribution in [0.4, 0.5) is 0 Å². The van der Waals surface area contributed by atoms with Crippen LogP contribution in [0.25, 0.3) is 5.57 Å². The van der Waals surface area contributed by atoms with E-state index in [2.05, 4.69) is 30.9 Å². The predicted molar refractivity (Wildman–Crippen MR) is 95.6 cm³/mol. The van der Waals surface area contributed by atoms with E-state index in [1.165, 1.54) is 48.8 Å². The third-order valence-electron chi connectivity index (χ3n) is 4.43. The van der Waals surface area contributed by atoms with Crippen molar-refractivity contribution < 1.29 is 31.5 Å². The van der Waals surface area contributed by atoms with Gasteiger partial charge in [-0.25, -0.2) is 0 Å². The molecule has 0 aliphatic heterocycles.